The van der Waals surface area contributed by atoms with Crippen LogP contribution in [-0.4, -0.2) is 22.7 Å². The third-order valence-corrected chi connectivity index (χ3v) is 4.14. The van der Waals surface area contributed by atoms with E-state index in [-0.39, 0.29) is 12.2 Å². The van der Waals surface area contributed by atoms with Gasteiger partial charge in [0.05, 0.1) is 22.9 Å². The molecule has 0 unspecified atom stereocenters. The van der Waals surface area contributed by atoms with Crippen molar-refractivity contribution in [2.24, 2.45) is 10.7 Å². The summed E-state index contributed by atoms with van der Waals surface area (Å²) in [5, 5.41) is 1.57. The van der Waals surface area contributed by atoms with Gasteiger partial charge in [-0.25, -0.2) is 4.57 Å². The number of primary amides is 1. The largest absolute Gasteiger partial charge is 0.469 e. The Morgan fingerprint density at radius 3 is 2.68 bits per heavy atom. The third kappa shape index (κ3) is 3.47. The number of hydrogen-bond donors (Lipinski definition) is 3. The quantitative estimate of drug-likeness (QED) is 0.478. The van der Waals surface area contributed by atoms with Gasteiger partial charge in [-0.1, -0.05) is 12.1 Å². The summed E-state index contributed by atoms with van der Waals surface area (Å²) >= 11 is 0. The average molecular weight is 362 g/mol. The highest BCUT2D eigenvalue weighted by molar-refractivity contribution is 7.46. The molecule has 3 aromatic rings. The molecule has 9 heteroatoms. The summed E-state index contributed by atoms with van der Waals surface area (Å²) in [6, 6.07) is 9.89. The first-order valence-corrected chi connectivity index (χ1v) is 8.74. The van der Waals surface area contributed by atoms with Crippen LogP contribution in [0.4, 0.5) is 0 Å². The minimum absolute atomic E-state index is 0.278. The molecule has 1 amide bonds. The van der Waals surface area contributed by atoms with Gasteiger partial charge in [0, 0.05) is 12.4 Å². The molecule has 130 valence electrons. The van der Waals surface area contributed by atoms with Crippen LogP contribution in [0.2, 0.25) is 0 Å². The Morgan fingerprint density at radius 1 is 1.28 bits per heavy atom. The first-order chi connectivity index (χ1) is 11.8. The van der Waals surface area contributed by atoms with Gasteiger partial charge in [0.25, 0.3) is 0 Å². The highest BCUT2D eigenvalue weighted by atomic mass is 31.2. The number of amides is 1. The number of carbonyl (C=O) groups is 1. The SMILES string of the molecule is CN=c1c2cc(COP(=O)(O)O)ccc2oc2cccc(C(N)=O)c12. The molecule has 0 saturated carbocycles. The minimum atomic E-state index is -4.58. The summed E-state index contributed by atoms with van der Waals surface area (Å²) in [7, 11) is -3.00. The molecule has 0 aliphatic heterocycles. The first-order valence-electron chi connectivity index (χ1n) is 7.21. The normalized spacial score (nSPS) is 12.8. The molecule has 0 aliphatic rings. The fourth-order valence-corrected chi connectivity index (χ4v) is 2.97. The van der Waals surface area contributed by atoms with E-state index in [0.717, 1.165) is 0 Å². The Hall–Kier alpha value is -2.51. The molecule has 2 aromatic carbocycles. The van der Waals surface area contributed by atoms with Crippen LogP contribution in [0.15, 0.2) is 45.8 Å². The van der Waals surface area contributed by atoms with Crippen molar-refractivity contribution in [1.29, 1.82) is 0 Å². The second-order valence-electron chi connectivity index (χ2n) is 5.31. The zero-order valence-corrected chi connectivity index (χ0v) is 14.1. The molecule has 0 aliphatic carbocycles. The van der Waals surface area contributed by atoms with Gasteiger partial charge in [-0.2, -0.15) is 0 Å². The second kappa shape index (κ2) is 6.42. The molecule has 8 nitrogen and oxygen atoms in total. The number of fused-ring (bicyclic) bond motifs is 2. The number of nitrogens with two attached hydrogens (primary N) is 1. The van der Waals surface area contributed by atoms with E-state index in [0.29, 0.717) is 32.9 Å². The Bertz CT molecular complexity index is 1100. The van der Waals surface area contributed by atoms with Crippen LogP contribution < -0.4 is 11.1 Å². The van der Waals surface area contributed by atoms with Crippen LogP contribution in [0.5, 0.6) is 0 Å². The van der Waals surface area contributed by atoms with Crippen molar-refractivity contribution in [3.05, 3.63) is 52.9 Å². The van der Waals surface area contributed by atoms with Crippen LogP contribution >= 0.6 is 7.82 Å². The molecule has 0 fully saturated rings. The smallest absolute Gasteiger partial charge is 0.456 e. The molecule has 3 rings (SSSR count). The lowest BCUT2D eigenvalue weighted by atomic mass is 10.0. The number of phosphoric acid groups is 1. The Balaban J connectivity index is 2.29. The summed E-state index contributed by atoms with van der Waals surface area (Å²) in [6.45, 7) is -0.279. The van der Waals surface area contributed by atoms with E-state index in [2.05, 4.69) is 9.52 Å². The van der Waals surface area contributed by atoms with Crippen LogP contribution in [0.1, 0.15) is 15.9 Å². The van der Waals surface area contributed by atoms with E-state index in [9.17, 15) is 9.36 Å². The molecule has 1 aromatic heterocycles. The van der Waals surface area contributed by atoms with Crippen molar-refractivity contribution in [2.45, 2.75) is 6.61 Å². The molecule has 4 N–H and O–H groups in total. The monoisotopic (exact) mass is 362 g/mol. The van der Waals surface area contributed by atoms with E-state index in [4.69, 9.17) is 19.9 Å². The van der Waals surface area contributed by atoms with Gasteiger partial charge in [-0.15, -0.1) is 0 Å². The zero-order valence-electron chi connectivity index (χ0n) is 13.2. The lowest BCUT2D eigenvalue weighted by Crippen LogP contribution is -2.16. The van der Waals surface area contributed by atoms with Crippen molar-refractivity contribution < 1.29 is 28.1 Å². The van der Waals surface area contributed by atoms with Gasteiger partial charge < -0.3 is 19.9 Å². The Morgan fingerprint density at radius 2 is 2.04 bits per heavy atom. The third-order valence-electron chi connectivity index (χ3n) is 3.67. The van der Waals surface area contributed by atoms with Crippen molar-refractivity contribution in [3.8, 4) is 0 Å². The topological polar surface area (TPSA) is 135 Å². The highest BCUT2D eigenvalue weighted by Gasteiger charge is 2.16. The predicted molar refractivity (Wildman–Crippen MR) is 90.6 cm³/mol. The Labute approximate surface area is 141 Å². The fraction of sp³-hybridized carbons (Fsp3) is 0.125. The van der Waals surface area contributed by atoms with Crippen molar-refractivity contribution >= 4 is 35.7 Å². The summed E-state index contributed by atoms with van der Waals surface area (Å²) in [4.78, 5) is 33.7. The maximum absolute atomic E-state index is 11.7. The van der Waals surface area contributed by atoms with Crippen molar-refractivity contribution in [1.82, 2.24) is 0 Å². The summed E-state index contributed by atoms with van der Waals surface area (Å²) in [6.07, 6.45) is 0. The van der Waals surface area contributed by atoms with Gasteiger partial charge in [0.1, 0.15) is 11.2 Å². The van der Waals surface area contributed by atoms with Gasteiger partial charge in [0.15, 0.2) is 0 Å². The molecular weight excluding hydrogens is 347 g/mol. The van der Waals surface area contributed by atoms with E-state index in [1.54, 1.807) is 43.4 Å². The Kier molecular flexibility index (Phi) is 4.45. The first kappa shape index (κ1) is 17.3. The lowest BCUT2D eigenvalue weighted by Gasteiger charge is -2.09. The van der Waals surface area contributed by atoms with Crippen LogP contribution in [0.25, 0.3) is 21.9 Å². The minimum Gasteiger partial charge on any atom is -0.456 e. The average Bonchev–Trinajstić information content (AvgIpc) is 2.56. The number of hydrogen-bond acceptors (Lipinski definition) is 5. The highest BCUT2D eigenvalue weighted by Crippen LogP contribution is 2.37. The van der Waals surface area contributed by atoms with Crippen molar-refractivity contribution in [2.75, 3.05) is 7.05 Å². The zero-order chi connectivity index (χ0) is 18.2. The molecule has 0 spiro atoms. The maximum atomic E-state index is 11.7. The van der Waals surface area contributed by atoms with Crippen LogP contribution in [-0.2, 0) is 15.7 Å². The number of phosphoric ester groups is 1. The molecule has 25 heavy (non-hydrogen) atoms. The van der Waals surface area contributed by atoms with Gasteiger partial charge in [-0.3, -0.25) is 14.3 Å². The molecule has 0 bridgehead atoms. The molecule has 0 atom stereocenters. The number of carbonyl (C=O) groups excluding carboxylic acids is 1. The standard InChI is InChI=1S/C16H15N2O6P/c1-18-15-11-7-9(8-23-25(20,21)22)5-6-12(11)24-13-4-2-3-10(14(13)15)16(17)19/h2-7H,8H2,1H3,(H2,17,19)(H2,20,21,22). The lowest BCUT2D eigenvalue weighted by molar-refractivity contribution is 0.100. The molecule has 0 saturated heterocycles. The predicted octanol–water partition coefficient (Wildman–Crippen LogP) is 1.82. The maximum Gasteiger partial charge on any atom is 0.469 e. The van der Waals surface area contributed by atoms with Crippen LogP contribution in [0.3, 0.4) is 0 Å². The second-order valence-corrected chi connectivity index (χ2v) is 6.55. The number of rotatable bonds is 4. The summed E-state index contributed by atoms with van der Waals surface area (Å²) in [5.74, 6) is -0.606. The van der Waals surface area contributed by atoms with Gasteiger partial charge in [-0.05, 0) is 29.8 Å². The van der Waals surface area contributed by atoms with Crippen LogP contribution in [0, 0.1) is 0 Å². The molecular formula is C16H15N2O6P. The molecule has 0 radical (unpaired) electrons. The van der Waals surface area contributed by atoms with E-state index in [1.165, 1.54) is 0 Å². The number of nitrogens with zero attached hydrogens (tertiary/aromatic N) is 1. The van der Waals surface area contributed by atoms with E-state index < -0.39 is 13.7 Å². The van der Waals surface area contributed by atoms with E-state index in [1.807, 2.05) is 0 Å². The number of benzene rings is 2. The van der Waals surface area contributed by atoms with E-state index >= 15 is 0 Å². The van der Waals surface area contributed by atoms with Gasteiger partial charge in [0.2, 0.25) is 5.91 Å². The van der Waals surface area contributed by atoms with Crippen molar-refractivity contribution in [3.63, 3.8) is 0 Å². The summed E-state index contributed by atoms with van der Waals surface area (Å²) < 4.78 is 21.2. The van der Waals surface area contributed by atoms with Gasteiger partial charge >= 0.3 is 7.82 Å². The fourth-order valence-electron chi connectivity index (χ4n) is 2.65. The molecule has 1 heterocycles. The summed E-state index contributed by atoms with van der Waals surface area (Å²) in [5.41, 5.74) is 7.21.